The van der Waals surface area contributed by atoms with Crippen LogP contribution in [0.2, 0.25) is 0 Å². The van der Waals surface area contributed by atoms with Gasteiger partial charge in [-0.1, -0.05) is 0 Å². The van der Waals surface area contributed by atoms with Gasteiger partial charge in [-0.15, -0.1) is 4.89 Å². The van der Waals surface area contributed by atoms with Crippen molar-refractivity contribution < 1.29 is 53.7 Å². The number of carbonyl (C=O) groups excluding carboxylic acids is 4. The number of esters is 3. The molecule has 0 saturated heterocycles. The summed E-state index contributed by atoms with van der Waals surface area (Å²) in [5.74, 6) is -8.48. The zero-order valence-electron chi connectivity index (χ0n) is 12.0. The predicted molar refractivity (Wildman–Crippen MR) is 63.2 cm³/mol. The minimum absolute atomic E-state index is 0.797. The molecule has 0 rings (SSSR count). The van der Waals surface area contributed by atoms with Crippen LogP contribution in [0.15, 0.2) is 0 Å². The first-order chi connectivity index (χ1) is 10.1. The van der Waals surface area contributed by atoms with Crippen molar-refractivity contribution in [3.63, 3.8) is 0 Å². The van der Waals surface area contributed by atoms with E-state index in [9.17, 15) is 29.4 Å². The van der Waals surface area contributed by atoms with Crippen LogP contribution in [-0.2, 0) is 38.4 Å². The minimum Gasteiger partial charge on any atom is -0.416 e. The van der Waals surface area contributed by atoms with Gasteiger partial charge in [0.25, 0.3) is 0 Å². The Labute approximate surface area is 124 Å². The first-order valence-corrected chi connectivity index (χ1v) is 5.82. The van der Waals surface area contributed by atoms with E-state index in [4.69, 9.17) is 5.11 Å². The van der Waals surface area contributed by atoms with Crippen LogP contribution in [-0.4, -0.2) is 63.8 Å². The minimum atomic E-state index is -3.20. The second kappa shape index (κ2) is 8.38. The summed E-state index contributed by atoms with van der Waals surface area (Å²) in [5.41, 5.74) is 0. The molecule has 0 unspecified atom stereocenters. The smallest absolute Gasteiger partial charge is 0.394 e. The molecule has 0 spiro atoms. The molecular weight excluding hydrogens is 308 g/mol. The third-order valence-electron chi connectivity index (χ3n) is 2.04. The molecule has 0 aromatic heterocycles. The lowest BCUT2D eigenvalue weighted by Crippen LogP contribution is -2.60. The number of carbonyl (C=O) groups is 4. The van der Waals surface area contributed by atoms with Crippen LogP contribution in [0.4, 0.5) is 0 Å². The van der Waals surface area contributed by atoms with E-state index in [1.165, 1.54) is 0 Å². The van der Waals surface area contributed by atoms with E-state index in [0.717, 1.165) is 20.8 Å². The number of hydrogen-bond donors (Lipinski definition) is 3. The van der Waals surface area contributed by atoms with Gasteiger partial charge in [-0.3, -0.25) is 14.5 Å². The Morgan fingerprint density at radius 2 is 1.55 bits per heavy atom. The fraction of sp³-hybridized carbons (Fsp3) is 0.636. The highest BCUT2D eigenvalue weighted by Crippen LogP contribution is 2.24. The standard InChI is InChI=1S/C11H16O11/c1-5(13)19-10(18)11(20-6(2)14,22-21-7(3)15)9(17)8(16)4-12/h8-9,12,16-17H,4H2,1-3H3/t8-,9-,11-/m1/s1. The van der Waals surface area contributed by atoms with Gasteiger partial charge in [0.15, 0.2) is 6.10 Å². The molecule has 126 valence electrons. The molecule has 0 aliphatic rings. The van der Waals surface area contributed by atoms with Crippen molar-refractivity contribution in [2.75, 3.05) is 6.61 Å². The van der Waals surface area contributed by atoms with Crippen molar-refractivity contribution >= 4 is 23.9 Å². The molecule has 0 aliphatic heterocycles. The summed E-state index contributed by atoms with van der Waals surface area (Å²) >= 11 is 0. The molecule has 0 fully saturated rings. The van der Waals surface area contributed by atoms with Gasteiger partial charge in [0.05, 0.1) is 6.61 Å². The number of rotatable bonds is 7. The highest BCUT2D eigenvalue weighted by molar-refractivity contribution is 5.90. The van der Waals surface area contributed by atoms with E-state index in [2.05, 4.69) is 19.2 Å². The molecule has 0 aromatic rings. The molecule has 0 amide bonds. The Balaban J connectivity index is 5.77. The van der Waals surface area contributed by atoms with Gasteiger partial charge in [0, 0.05) is 20.8 Å². The first kappa shape index (κ1) is 19.9. The molecule has 3 atom stereocenters. The van der Waals surface area contributed by atoms with E-state index < -0.39 is 48.5 Å². The first-order valence-electron chi connectivity index (χ1n) is 5.82. The molecule has 22 heavy (non-hydrogen) atoms. The summed E-state index contributed by atoms with van der Waals surface area (Å²) in [6, 6.07) is 0. The lowest BCUT2D eigenvalue weighted by molar-refractivity contribution is -0.406. The average Bonchev–Trinajstić information content (AvgIpc) is 2.40. The van der Waals surface area contributed by atoms with Crippen molar-refractivity contribution in [1.29, 1.82) is 0 Å². The fourth-order valence-electron chi connectivity index (χ4n) is 1.21. The quantitative estimate of drug-likeness (QED) is 0.149. The molecule has 11 nitrogen and oxygen atoms in total. The maximum atomic E-state index is 11.9. The molecule has 3 N–H and O–H groups in total. The van der Waals surface area contributed by atoms with Crippen molar-refractivity contribution in [2.45, 2.75) is 38.8 Å². The van der Waals surface area contributed by atoms with Crippen LogP contribution in [0.3, 0.4) is 0 Å². The van der Waals surface area contributed by atoms with Gasteiger partial charge >= 0.3 is 29.7 Å². The Kier molecular flexibility index (Phi) is 7.59. The molecule has 0 aliphatic carbocycles. The lowest BCUT2D eigenvalue weighted by Gasteiger charge is -2.33. The summed E-state index contributed by atoms with van der Waals surface area (Å²) in [4.78, 5) is 53.0. The van der Waals surface area contributed by atoms with Gasteiger partial charge in [-0.05, 0) is 0 Å². The highest BCUT2D eigenvalue weighted by Gasteiger charge is 2.57. The van der Waals surface area contributed by atoms with Crippen LogP contribution in [0.5, 0.6) is 0 Å². The van der Waals surface area contributed by atoms with Crippen molar-refractivity contribution in [3.05, 3.63) is 0 Å². The molecule has 11 heteroatoms. The van der Waals surface area contributed by atoms with Gasteiger partial charge in [-0.25, -0.2) is 9.59 Å². The highest BCUT2D eigenvalue weighted by atomic mass is 17.2. The zero-order chi connectivity index (χ0) is 17.5. The molecule has 0 heterocycles. The van der Waals surface area contributed by atoms with Crippen molar-refractivity contribution in [2.24, 2.45) is 0 Å². The predicted octanol–water partition coefficient (Wildman–Crippen LogP) is -2.46. The normalized spacial score (nSPS) is 15.9. The number of aliphatic hydroxyl groups excluding tert-OH is 3. The monoisotopic (exact) mass is 324 g/mol. The summed E-state index contributed by atoms with van der Waals surface area (Å²) in [5, 5.41) is 28.1. The maximum Gasteiger partial charge on any atom is 0.394 e. The third-order valence-corrected chi connectivity index (χ3v) is 2.04. The Hall–Kier alpha value is -2.08. The van der Waals surface area contributed by atoms with Crippen molar-refractivity contribution in [1.82, 2.24) is 0 Å². The van der Waals surface area contributed by atoms with E-state index >= 15 is 0 Å². The summed E-state index contributed by atoms with van der Waals surface area (Å²) in [7, 11) is 0. The Morgan fingerprint density at radius 1 is 1.00 bits per heavy atom. The lowest BCUT2D eigenvalue weighted by atomic mass is 10.0. The summed E-state index contributed by atoms with van der Waals surface area (Å²) in [6.45, 7) is 1.38. The maximum absolute atomic E-state index is 11.9. The number of ether oxygens (including phenoxy) is 2. The second-order valence-electron chi connectivity index (χ2n) is 4.00. The Morgan fingerprint density at radius 3 is 1.91 bits per heavy atom. The molecular formula is C11H16O11. The van der Waals surface area contributed by atoms with E-state index in [-0.39, 0.29) is 0 Å². The van der Waals surface area contributed by atoms with Crippen LogP contribution in [0, 0.1) is 0 Å². The van der Waals surface area contributed by atoms with Crippen LogP contribution < -0.4 is 0 Å². The molecule has 0 bridgehead atoms. The molecule has 0 aromatic carbocycles. The topological polar surface area (TPSA) is 166 Å². The van der Waals surface area contributed by atoms with Gasteiger partial charge in [0.1, 0.15) is 6.10 Å². The van der Waals surface area contributed by atoms with Crippen LogP contribution in [0.1, 0.15) is 20.8 Å². The van der Waals surface area contributed by atoms with Gasteiger partial charge < -0.3 is 24.8 Å². The van der Waals surface area contributed by atoms with Crippen LogP contribution >= 0.6 is 0 Å². The second-order valence-corrected chi connectivity index (χ2v) is 4.00. The van der Waals surface area contributed by atoms with Gasteiger partial charge in [-0.2, -0.15) is 0 Å². The summed E-state index contributed by atoms with van der Waals surface area (Å²) < 4.78 is 8.59. The third kappa shape index (κ3) is 5.37. The average molecular weight is 324 g/mol. The summed E-state index contributed by atoms with van der Waals surface area (Å²) in [6.07, 6.45) is -4.50. The zero-order valence-corrected chi connectivity index (χ0v) is 12.0. The fourth-order valence-corrected chi connectivity index (χ4v) is 1.21. The molecule has 0 saturated carbocycles. The number of aliphatic hydroxyl groups is 3. The Bertz CT molecular complexity index is 445. The number of hydrogen-bond acceptors (Lipinski definition) is 11. The van der Waals surface area contributed by atoms with E-state index in [1.54, 1.807) is 0 Å². The molecule has 0 radical (unpaired) electrons. The van der Waals surface area contributed by atoms with E-state index in [0.29, 0.717) is 0 Å². The van der Waals surface area contributed by atoms with Gasteiger partial charge in [0.2, 0.25) is 0 Å². The van der Waals surface area contributed by atoms with Crippen LogP contribution in [0.25, 0.3) is 0 Å². The van der Waals surface area contributed by atoms with Crippen molar-refractivity contribution in [3.8, 4) is 0 Å². The van der Waals surface area contributed by atoms with E-state index in [1.807, 2.05) is 0 Å². The SMILES string of the molecule is CC(=O)OO[C@@](OC(C)=O)(C(=O)OC(C)=O)[C@H](O)[C@H](O)CO. The largest absolute Gasteiger partial charge is 0.416 e.